The third-order valence-electron chi connectivity index (χ3n) is 3.33. The van der Waals surface area contributed by atoms with Crippen LogP contribution in [0.5, 0.6) is 0 Å². The Labute approximate surface area is 135 Å². The van der Waals surface area contributed by atoms with Gasteiger partial charge in [0.05, 0.1) is 0 Å². The number of carbonyl (C=O) groups excluding carboxylic acids is 2. The molecule has 1 amide bonds. The Morgan fingerprint density at radius 1 is 1.33 bits per heavy atom. The minimum atomic E-state index is -0.852. The number of anilines is 1. The summed E-state index contributed by atoms with van der Waals surface area (Å²) in [7, 11) is 0. The molecule has 2 heterocycles. The largest absolute Gasteiger partial charge is 0.450 e. The second kappa shape index (κ2) is 6.15. The number of halogens is 1. The van der Waals surface area contributed by atoms with Gasteiger partial charge in [-0.05, 0) is 19.9 Å². The van der Waals surface area contributed by atoms with Gasteiger partial charge in [-0.15, -0.1) is 0 Å². The van der Waals surface area contributed by atoms with E-state index in [1.807, 2.05) is 0 Å². The van der Waals surface area contributed by atoms with Gasteiger partial charge in [-0.3, -0.25) is 4.79 Å². The summed E-state index contributed by atoms with van der Waals surface area (Å²) in [5, 5.41) is 6.47. The van der Waals surface area contributed by atoms with Gasteiger partial charge in [-0.1, -0.05) is 17.3 Å². The minimum absolute atomic E-state index is 0.0236. The molecule has 0 unspecified atom stereocenters. The maximum Gasteiger partial charge on any atom is 0.375 e. The van der Waals surface area contributed by atoms with Crippen molar-refractivity contribution in [3.8, 4) is 0 Å². The summed E-state index contributed by atoms with van der Waals surface area (Å²) in [6.45, 7) is 2.75. The molecule has 7 nitrogen and oxygen atoms in total. The number of nitrogens with zero attached hydrogens (tertiary/aromatic N) is 1. The summed E-state index contributed by atoms with van der Waals surface area (Å²) in [5.41, 5.74) is 0.423. The zero-order valence-corrected chi connectivity index (χ0v) is 12.9. The summed E-state index contributed by atoms with van der Waals surface area (Å²) < 4.78 is 28.6. The Kier molecular flexibility index (Phi) is 4.03. The van der Waals surface area contributed by atoms with E-state index in [0.717, 1.165) is 0 Å². The average Bonchev–Trinajstić information content (AvgIpc) is 3.10. The quantitative estimate of drug-likeness (QED) is 0.738. The van der Waals surface area contributed by atoms with E-state index >= 15 is 0 Å². The van der Waals surface area contributed by atoms with Crippen LogP contribution in [0.25, 0.3) is 11.0 Å². The number of ether oxygens (including phenoxy) is 1. The van der Waals surface area contributed by atoms with Crippen molar-refractivity contribution < 1.29 is 27.7 Å². The van der Waals surface area contributed by atoms with E-state index in [9.17, 15) is 14.0 Å². The lowest BCUT2D eigenvalue weighted by Gasteiger charge is -2.03. The summed E-state index contributed by atoms with van der Waals surface area (Å²) in [6.07, 6.45) is 0. The molecule has 3 rings (SSSR count). The maximum atomic E-state index is 13.7. The number of rotatable bonds is 4. The molecule has 2 aromatic heterocycles. The standard InChI is InChI=1S/C16H13FN2O5/c1-8-6-12(19-24-8)18-13(20)7-22-16(21)14-9(2)10-4-3-5-11(17)15(10)23-14/h3-6H,7H2,1-2H3,(H,18,19,20). The predicted octanol–water partition coefficient (Wildman–Crippen LogP) is 2.97. The molecule has 24 heavy (non-hydrogen) atoms. The second-order valence-electron chi connectivity index (χ2n) is 5.12. The highest BCUT2D eigenvalue weighted by Crippen LogP contribution is 2.27. The molecular formula is C16H13FN2O5. The van der Waals surface area contributed by atoms with E-state index in [1.54, 1.807) is 19.9 Å². The molecule has 1 aromatic carbocycles. The molecule has 0 fully saturated rings. The fourth-order valence-electron chi connectivity index (χ4n) is 2.20. The van der Waals surface area contributed by atoms with Gasteiger partial charge in [0.1, 0.15) is 5.76 Å². The van der Waals surface area contributed by atoms with E-state index in [2.05, 4.69) is 10.5 Å². The number of esters is 1. The van der Waals surface area contributed by atoms with Gasteiger partial charge in [0.25, 0.3) is 5.91 Å². The molecule has 0 saturated carbocycles. The van der Waals surface area contributed by atoms with Crippen molar-refractivity contribution in [3.63, 3.8) is 0 Å². The highest BCUT2D eigenvalue weighted by atomic mass is 19.1. The Morgan fingerprint density at radius 2 is 2.12 bits per heavy atom. The molecule has 8 heteroatoms. The van der Waals surface area contributed by atoms with Crippen LogP contribution >= 0.6 is 0 Å². The number of para-hydroxylation sites is 1. The van der Waals surface area contributed by atoms with Crippen molar-refractivity contribution in [1.82, 2.24) is 5.16 Å². The third-order valence-corrected chi connectivity index (χ3v) is 3.33. The first-order valence-electron chi connectivity index (χ1n) is 7.03. The topological polar surface area (TPSA) is 94.6 Å². The van der Waals surface area contributed by atoms with Gasteiger partial charge in [0.15, 0.2) is 23.8 Å². The second-order valence-corrected chi connectivity index (χ2v) is 5.12. The number of aryl methyl sites for hydroxylation is 2. The van der Waals surface area contributed by atoms with E-state index in [0.29, 0.717) is 16.7 Å². The minimum Gasteiger partial charge on any atom is -0.450 e. The molecule has 0 bridgehead atoms. The summed E-state index contributed by atoms with van der Waals surface area (Å²) in [6, 6.07) is 5.90. The number of benzene rings is 1. The van der Waals surface area contributed by atoms with Gasteiger partial charge in [-0.25, -0.2) is 9.18 Å². The van der Waals surface area contributed by atoms with Crippen LogP contribution in [0, 0.1) is 19.7 Å². The Morgan fingerprint density at radius 3 is 2.79 bits per heavy atom. The van der Waals surface area contributed by atoms with Crippen molar-refractivity contribution >= 4 is 28.7 Å². The van der Waals surface area contributed by atoms with Crippen LogP contribution in [0.4, 0.5) is 10.2 Å². The number of fused-ring (bicyclic) bond motifs is 1. The van der Waals surface area contributed by atoms with Gasteiger partial charge in [-0.2, -0.15) is 0 Å². The molecule has 0 spiro atoms. The molecule has 124 valence electrons. The van der Waals surface area contributed by atoms with Crippen molar-refractivity contribution in [2.24, 2.45) is 0 Å². The molecule has 3 aromatic rings. The third kappa shape index (κ3) is 2.98. The lowest BCUT2D eigenvalue weighted by atomic mass is 10.1. The van der Waals surface area contributed by atoms with Gasteiger partial charge >= 0.3 is 5.97 Å². The fraction of sp³-hybridized carbons (Fsp3) is 0.188. The highest BCUT2D eigenvalue weighted by molar-refractivity contribution is 5.98. The van der Waals surface area contributed by atoms with Crippen molar-refractivity contribution in [2.45, 2.75) is 13.8 Å². The Balaban J connectivity index is 1.68. The predicted molar refractivity (Wildman–Crippen MR) is 81.1 cm³/mol. The van der Waals surface area contributed by atoms with Gasteiger partial charge < -0.3 is 19.0 Å². The van der Waals surface area contributed by atoms with E-state index in [-0.39, 0.29) is 17.2 Å². The lowest BCUT2D eigenvalue weighted by Crippen LogP contribution is -2.21. The first kappa shape index (κ1) is 15.7. The van der Waals surface area contributed by atoms with Crippen LogP contribution in [-0.2, 0) is 9.53 Å². The Bertz CT molecular complexity index is 928. The Hall–Kier alpha value is -3.16. The van der Waals surface area contributed by atoms with E-state index < -0.39 is 24.3 Å². The highest BCUT2D eigenvalue weighted by Gasteiger charge is 2.21. The molecule has 0 atom stereocenters. The number of carbonyl (C=O) groups is 2. The molecule has 0 radical (unpaired) electrons. The molecule has 1 N–H and O–H groups in total. The average molecular weight is 332 g/mol. The number of hydrogen-bond acceptors (Lipinski definition) is 6. The van der Waals surface area contributed by atoms with Crippen molar-refractivity contribution in [2.75, 3.05) is 11.9 Å². The van der Waals surface area contributed by atoms with E-state index in [4.69, 9.17) is 13.7 Å². The van der Waals surface area contributed by atoms with Crippen LogP contribution < -0.4 is 5.32 Å². The maximum absolute atomic E-state index is 13.7. The summed E-state index contributed by atoms with van der Waals surface area (Å²) >= 11 is 0. The SMILES string of the molecule is Cc1cc(NC(=O)COC(=O)c2oc3c(F)cccc3c2C)no1. The number of hydrogen-bond donors (Lipinski definition) is 1. The van der Waals surface area contributed by atoms with Crippen LogP contribution in [0.3, 0.4) is 0 Å². The van der Waals surface area contributed by atoms with Crippen molar-refractivity contribution in [3.05, 3.63) is 47.2 Å². The molecule has 0 aliphatic heterocycles. The van der Waals surface area contributed by atoms with Gasteiger partial charge in [0.2, 0.25) is 5.76 Å². The van der Waals surface area contributed by atoms with Gasteiger partial charge in [0, 0.05) is 17.0 Å². The molecule has 0 aliphatic rings. The number of amides is 1. The molecule has 0 aliphatic carbocycles. The van der Waals surface area contributed by atoms with Crippen LogP contribution in [-0.4, -0.2) is 23.6 Å². The fourth-order valence-corrected chi connectivity index (χ4v) is 2.20. The molecular weight excluding hydrogens is 319 g/mol. The summed E-state index contributed by atoms with van der Waals surface area (Å²) in [4.78, 5) is 23.8. The zero-order chi connectivity index (χ0) is 17.3. The summed E-state index contributed by atoms with van der Waals surface area (Å²) in [5.74, 6) is -1.40. The van der Waals surface area contributed by atoms with Crippen LogP contribution in [0.15, 0.2) is 33.2 Å². The number of furan rings is 1. The van der Waals surface area contributed by atoms with E-state index in [1.165, 1.54) is 18.2 Å². The van der Waals surface area contributed by atoms with Crippen molar-refractivity contribution in [1.29, 1.82) is 0 Å². The normalized spacial score (nSPS) is 10.8. The number of aromatic nitrogens is 1. The van der Waals surface area contributed by atoms with Crippen LogP contribution in [0.2, 0.25) is 0 Å². The zero-order valence-electron chi connectivity index (χ0n) is 12.9. The number of nitrogens with one attached hydrogen (secondary N) is 1. The molecule has 0 saturated heterocycles. The lowest BCUT2D eigenvalue weighted by molar-refractivity contribution is -0.119. The first-order valence-corrected chi connectivity index (χ1v) is 7.03. The monoisotopic (exact) mass is 332 g/mol. The first-order chi connectivity index (χ1) is 11.5. The van der Waals surface area contributed by atoms with Crippen LogP contribution in [0.1, 0.15) is 21.9 Å². The smallest absolute Gasteiger partial charge is 0.375 e.